The number of piperazine rings is 1. The first-order chi connectivity index (χ1) is 12.3. The Morgan fingerprint density at radius 2 is 1.96 bits per heavy atom. The quantitative estimate of drug-likeness (QED) is 0.804. The van der Waals surface area contributed by atoms with Gasteiger partial charge in [0.2, 0.25) is 5.91 Å². The molecule has 3 aliphatic rings. The maximum atomic E-state index is 12.8. The van der Waals surface area contributed by atoms with E-state index in [2.05, 4.69) is 32.2 Å². The van der Waals surface area contributed by atoms with Crippen molar-refractivity contribution in [2.75, 3.05) is 52.4 Å². The van der Waals surface area contributed by atoms with Gasteiger partial charge in [0.15, 0.2) is 0 Å². The number of ether oxygens (including phenoxy) is 1. The monoisotopic (exact) mass is 363 g/mol. The zero-order chi connectivity index (χ0) is 17.1. The van der Waals surface area contributed by atoms with Gasteiger partial charge in [0, 0.05) is 50.8 Å². The zero-order valence-electron chi connectivity index (χ0n) is 14.9. The van der Waals surface area contributed by atoms with E-state index in [1.54, 1.807) is 11.3 Å². The number of carbonyl (C=O) groups is 1. The van der Waals surface area contributed by atoms with Crippen LogP contribution in [0.1, 0.15) is 36.6 Å². The second kappa shape index (κ2) is 8.16. The van der Waals surface area contributed by atoms with Crippen molar-refractivity contribution in [2.45, 2.75) is 37.8 Å². The molecule has 5 nitrogen and oxygen atoms in total. The molecule has 0 aliphatic carbocycles. The Hall–Kier alpha value is -0.950. The van der Waals surface area contributed by atoms with Crippen LogP contribution in [0, 0.1) is 0 Å². The second-order valence-electron chi connectivity index (χ2n) is 7.47. The highest BCUT2D eigenvalue weighted by molar-refractivity contribution is 7.10. The van der Waals surface area contributed by atoms with E-state index in [1.807, 2.05) is 0 Å². The van der Waals surface area contributed by atoms with Crippen LogP contribution in [0.25, 0.3) is 0 Å². The van der Waals surface area contributed by atoms with Crippen molar-refractivity contribution >= 4 is 17.2 Å². The molecule has 2 atom stereocenters. The van der Waals surface area contributed by atoms with E-state index in [1.165, 1.54) is 17.7 Å². The third-order valence-corrected chi connectivity index (χ3v) is 6.73. The summed E-state index contributed by atoms with van der Waals surface area (Å²) in [5, 5.41) is 2.11. The summed E-state index contributed by atoms with van der Waals surface area (Å²) in [5.74, 6) is 0.309. The number of amides is 1. The molecule has 0 unspecified atom stereocenters. The van der Waals surface area contributed by atoms with Gasteiger partial charge in [-0.2, -0.15) is 0 Å². The topological polar surface area (TPSA) is 36.0 Å². The number of hydrogen-bond donors (Lipinski definition) is 0. The van der Waals surface area contributed by atoms with E-state index >= 15 is 0 Å². The molecule has 0 N–H and O–H groups in total. The van der Waals surface area contributed by atoms with Gasteiger partial charge in [0.25, 0.3) is 0 Å². The molecule has 4 heterocycles. The number of nitrogens with zero attached hydrogens (tertiary/aromatic N) is 3. The van der Waals surface area contributed by atoms with E-state index < -0.39 is 0 Å². The molecule has 138 valence electrons. The van der Waals surface area contributed by atoms with Gasteiger partial charge in [-0.05, 0) is 37.1 Å². The van der Waals surface area contributed by atoms with Gasteiger partial charge in [-0.3, -0.25) is 14.6 Å². The third-order valence-electron chi connectivity index (χ3n) is 5.75. The predicted octanol–water partition coefficient (Wildman–Crippen LogP) is 2.21. The summed E-state index contributed by atoms with van der Waals surface area (Å²) in [7, 11) is 0. The Labute approximate surface area is 154 Å². The molecule has 0 spiro atoms. The molecular weight excluding hydrogens is 334 g/mol. The minimum absolute atomic E-state index is 0.309. The third kappa shape index (κ3) is 4.25. The molecule has 3 saturated heterocycles. The van der Waals surface area contributed by atoms with Gasteiger partial charge in [-0.15, -0.1) is 11.3 Å². The minimum atomic E-state index is 0.309. The molecule has 1 aromatic heterocycles. The number of rotatable bonds is 5. The largest absolute Gasteiger partial charge is 0.377 e. The Bertz CT molecular complexity index is 551. The fourth-order valence-corrected chi connectivity index (χ4v) is 5.20. The molecule has 3 fully saturated rings. The van der Waals surface area contributed by atoms with Gasteiger partial charge in [-0.25, -0.2) is 0 Å². The molecule has 25 heavy (non-hydrogen) atoms. The fourth-order valence-electron chi connectivity index (χ4n) is 4.33. The van der Waals surface area contributed by atoms with Crippen molar-refractivity contribution in [3.05, 3.63) is 22.4 Å². The minimum Gasteiger partial charge on any atom is -0.377 e. The van der Waals surface area contributed by atoms with Crippen LogP contribution in [-0.4, -0.2) is 79.1 Å². The van der Waals surface area contributed by atoms with Crippen molar-refractivity contribution in [1.29, 1.82) is 0 Å². The molecule has 6 heteroatoms. The van der Waals surface area contributed by atoms with Crippen LogP contribution in [0.3, 0.4) is 0 Å². The first-order valence-electron chi connectivity index (χ1n) is 9.69. The van der Waals surface area contributed by atoms with Gasteiger partial charge in [-0.1, -0.05) is 6.07 Å². The van der Waals surface area contributed by atoms with Crippen molar-refractivity contribution in [2.24, 2.45) is 0 Å². The highest BCUT2D eigenvalue weighted by Crippen LogP contribution is 2.34. The molecule has 0 bridgehead atoms. The standard InChI is InChI=1S/C19H29N3O2S/c23-19(22-7-1-5-17(22)18-6-3-13-25-18)15-21-10-8-20(9-11-21)14-16-4-2-12-24-16/h3,6,13,16-17H,1-2,4-5,7-12,14-15H2/t16-,17+/m0/s1. The number of hydrogen-bond acceptors (Lipinski definition) is 5. The maximum Gasteiger partial charge on any atom is 0.237 e. The molecule has 0 aromatic carbocycles. The average molecular weight is 364 g/mol. The first-order valence-corrected chi connectivity index (χ1v) is 10.6. The summed E-state index contributed by atoms with van der Waals surface area (Å²) in [6, 6.07) is 4.58. The lowest BCUT2D eigenvalue weighted by Gasteiger charge is -2.36. The van der Waals surface area contributed by atoms with Crippen LogP contribution in [0.15, 0.2) is 17.5 Å². The molecule has 0 saturated carbocycles. The van der Waals surface area contributed by atoms with E-state index in [0.717, 1.165) is 58.7 Å². The van der Waals surface area contributed by atoms with Crippen molar-refractivity contribution < 1.29 is 9.53 Å². The Morgan fingerprint density at radius 1 is 1.12 bits per heavy atom. The van der Waals surface area contributed by atoms with Crippen molar-refractivity contribution in [3.63, 3.8) is 0 Å². The van der Waals surface area contributed by atoms with E-state index in [4.69, 9.17) is 4.74 Å². The molecule has 0 radical (unpaired) electrons. The summed E-state index contributed by atoms with van der Waals surface area (Å²) >= 11 is 1.78. The van der Waals surface area contributed by atoms with Crippen LogP contribution in [0.2, 0.25) is 0 Å². The highest BCUT2D eigenvalue weighted by Gasteiger charge is 2.32. The average Bonchev–Trinajstić information content (AvgIpc) is 3.38. The lowest BCUT2D eigenvalue weighted by atomic mass is 10.2. The Balaban J connectivity index is 1.24. The second-order valence-corrected chi connectivity index (χ2v) is 8.45. The molecule has 1 aromatic rings. The Morgan fingerprint density at radius 3 is 2.68 bits per heavy atom. The van der Waals surface area contributed by atoms with Gasteiger partial charge >= 0.3 is 0 Å². The first kappa shape index (κ1) is 17.5. The van der Waals surface area contributed by atoms with Crippen LogP contribution >= 0.6 is 11.3 Å². The lowest BCUT2D eigenvalue weighted by molar-refractivity contribution is -0.133. The lowest BCUT2D eigenvalue weighted by Crippen LogP contribution is -2.51. The molecule has 4 rings (SSSR count). The number of thiophene rings is 1. The zero-order valence-corrected chi connectivity index (χ0v) is 15.8. The van der Waals surface area contributed by atoms with E-state index in [9.17, 15) is 4.79 Å². The summed E-state index contributed by atoms with van der Waals surface area (Å²) in [6.45, 7) is 7.60. The van der Waals surface area contributed by atoms with E-state index in [0.29, 0.717) is 24.6 Å². The number of carbonyl (C=O) groups excluding carboxylic acids is 1. The van der Waals surface area contributed by atoms with Crippen LogP contribution in [0.4, 0.5) is 0 Å². The fraction of sp³-hybridized carbons (Fsp3) is 0.737. The molecule has 3 aliphatic heterocycles. The van der Waals surface area contributed by atoms with Gasteiger partial charge < -0.3 is 9.64 Å². The van der Waals surface area contributed by atoms with Crippen molar-refractivity contribution in [3.8, 4) is 0 Å². The maximum absolute atomic E-state index is 12.8. The molecule has 1 amide bonds. The highest BCUT2D eigenvalue weighted by atomic mass is 32.1. The van der Waals surface area contributed by atoms with Crippen molar-refractivity contribution in [1.82, 2.24) is 14.7 Å². The van der Waals surface area contributed by atoms with Gasteiger partial charge in [0.05, 0.1) is 18.7 Å². The Kier molecular flexibility index (Phi) is 5.70. The van der Waals surface area contributed by atoms with Gasteiger partial charge in [0.1, 0.15) is 0 Å². The SMILES string of the molecule is O=C(CN1CCN(C[C@@H]2CCCO2)CC1)N1CCC[C@@H]1c1cccs1. The normalized spacial score (nSPS) is 28.7. The summed E-state index contributed by atoms with van der Waals surface area (Å²) < 4.78 is 5.75. The summed E-state index contributed by atoms with van der Waals surface area (Å²) in [4.78, 5) is 21.1. The predicted molar refractivity (Wildman–Crippen MR) is 99.9 cm³/mol. The van der Waals surface area contributed by atoms with Crippen LogP contribution < -0.4 is 0 Å². The smallest absolute Gasteiger partial charge is 0.237 e. The van der Waals surface area contributed by atoms with E-state index in [-0.39, 0.29) is 0 Å². The summed E-state index contributed by atoms with van der Waals surface area (Å²) in [6.07, 6.45) is 5.09. The number of likely N-dealkylation sites (tertiary alicyclic amines) is 1. The van der Waals surface area contributed by atoms with Crippen LogP contribution in [0.5, 0.6) is 0 Å². The summed E-state index contributed by atoms with van der Waals surface area (Å²) in [5.41, 5.74) is 0. The van der Waals surface area contributed by atoms with Crippen LogP contribution in [-0.2, 0) is 9.53 Å². The molecular formula is C19H29N3O2S.